The van der Waals surface area contributed by atoms with Crippen molar-refractivity contribution in [2.45, 2.75) is 6.92 Å². The number of aromatic nitrogens is 2. The van der Waals surface area contributed by atoms with Crippen LogP contribution in [-0.4, -0.2) is 28.7 Å². The number of rotatable bonds is 3. The van der Waals surface area contributed by atoms with Crippen LogP contribution < -0.4 is 20.3 Å². The van der Waals surface area contributed by atoms with E-state index >= 15 is 0 Å². The number of carbonyl (C=O) groups excluding carboxylic acids is 2. The van der Waals surface area contributed by atoms with Gasteiger partial charge in [-0.25, -0.2) is 5.10 Å². The number of Topliss-reactive ketones (excluding diaryl/α,β-unsaturated/α-hetero) is 1. The maximum atomic E-state index is 12.7. The zero-order chi connectivity index (χ0) is 18.3. The molecule has 0 atom stereocenters. The third kappa shape index (κ3) is 2.57. The zero-order valence-corrected chi connectivity index (χ0v) is 13.7. The van der Waals surface area contributed by atoms with Gasteiger partial charge in [0.25, 0.3) is 11.5 Å². The number of ether oxygens (including phenoxy) is 2. The Morgan fingerprint density at radius 3 is 2.54 bits per heavy atom. The Bertz CT molecular complexity index is 1120. The zero-order valence-electron chi connectivity index (χ0n) is 13.7. The van der Waals surface area contributed by atoms with Gasteiger partial charge in [-0.05, 0) is 19.1 Å². The molecule has 0 saturated carbocycles. The standard InChI is InChI=1S/C18H13N3O5/c1-9(22)12-6-14-15(26-8-25-14)7-13(12)19-18(24)16-10-4-2-3-5-11(10)17(23)21-20-16/h2-7H,8H2,1H3,(H,19,24)(H,21,23). The number of hydrogen-bond donors (Lipinski definition) is 2. The topological polar surface area (TPSA) is 110 Å². The predicted molar refractivity (Wildman–Crippen MR) is 92.9 cm³/mol. The molecule has 4 rings (SSSR count). The van der Waals surface area contributed by atoms with E-state index in [9.17, 15) is 14.4 Å². The van der Waals surface area contributed by atoms with E-state index in [1.54, 1.807) is 24.3 Å². The van der Waals surface area contributed by atoms with Gasteiger partial charge in [0, 0.05) is 17.0 Å². The fourth-order valence-electron chi connectivity index (χ4n) is 2.81. The molecule has 2 N–H and O–H groups in total. The van der Waals surface area contributed by atoms with Crippen LogP contribution in [0.4, 0.5) is 5.69 Å². The fraction of sp³-hybridized carbons (Fsp3) is 0.111. The lowest BCUT2D eigenvalue weighted by molar-refractivity contribution is 0.101. The van der Waals surface area contributed by atoms with E-state index in [0.717, 1.165) is 0 Å². The highest BCUT2D eigenvalue weighted by atomic mass is 16.7. The van der Waals surface area contributed by atoms with Gasteiger partial charge >= 0.3 is 0 Å². The molecule has 0 radical (unpaired) electrons. The number of nitrogens with one attached hydrogen (secondary N) is 2. The molecule has 0 saturated heterocycles. The average molecular weight is 351 g/mol. The van der Waals surface area contributed by atoms with Crippen molar-refractivity contribution in [3.63, 3.8) is 0 Å². The van der Waals surface area contributed by atoms with Crippen LogP contribution in [0.1, 0.15) is 27.8 Å². The molecule has 2 heterocycles. The lowest BCUT2D eigenvalue weighted by Gasteiger charge is -2.11. The largest absolute Gasteiger partial charge is 0.454 e. The number of fused-ring (bicyclic) bond motifs is 2. The Kier molecular flexibility index (Phi) is 3.65. The molecule has 2 aromatic carbocycles. The van der Waals surface area contributed by atoms with Crippen LogP contribution in [0.25, 0.3) is 10.8 Å². The third-order valence-electron chi connectivity index (χ3n) is 4.05. The van der Waals surface area contributed by atoms with E-state index in [1.165, 1.54) is 19.1 Å². The molecule has 0 aliphatic carbocycles. The molecule has 1 aliphatic rings. The Balaban J connectivity index is 1.77. The molecule has 0 bridgehead atoms. The van der Waals surface area contributed by atoms with Gasteiger partial charge in [-0.3, -0.25) is 14.4 Å². The fourth-order valence-corrected chi connectivity index (χ4v) is 2.81. The first-order chi connectivity index (χ1) is 12.5. The normalized spacial score (nSPS) is 12.2. The molecule has 8 heteroatoms. The summed E-state index contributed by atoms with van der Waals surface area (Å²) in [6.45, 7) is 1.44. The first kappa shape index (κ1) is 15.8. The minimum Gasteiger partial charge on any atom is -0.454 e. The Morgan fingerprint density at radius 2 is 1.81 bits per heavy atom. The quantitative estimate of drug-likeness (QED) is 0.699. The SMILES string of the molecule is CC(=O)c1cc2c(cc1NC(=O)c1n[nH]c(=O)c3ccccc13)OCO2. The molecule has 1 aliphatic heterocycles. The van der Waals surface area contributed by atoms with E-state index < -0.39 is 5.91 Å². The van der Waals surface area contributed by atoms with Crippen molar-refractivity contribution in [1.29, 1.82) is 0 Å². The maximum absolute atomic E-state index is 12.7. The second-order valence-electron chi connectivity index (χ2n) is 5.71. The molecule has 0 fully saturated rings. The average Bonchev–Trinajstić information content (AvgIpc) is 3.08. The van der Waals surface area contributed by atoms with E-state index in [-0.39, 0.29) is 35.1 Å². The van der Waals surface area contributed by atoms with Crippen molar-refractivity contribution >= 4 is 28.2 Å². The number of anilines is 1. The number of benzene rings is 2. The van der Waals surface area contributed by atoms with Crippen LogP contribution in [0.3, 0.4) is 0 Å². The minimum absolute atomic E-state index is 0.0485. The van der Waals surface area contributed by atoms with Crippen LogP contribution in [0.5, 0.6) is 11.5 Å². The second kappa shape index (κ2) is 5.99. The highest BCUT2D eigenvalue weighted by molar-refractivity contribution is 6.13. The van der Waals surface area contributed by atoms with Crippen molar-refractivity contribution in [3.8, 4) is 11.5 Å². The van der Waals surface area contributed by atoms with E-state index in [4.69, 9.17) is 9.47 Å². The second-order valence-corrected chi connectivity index (χ2v) is 5.71. The molecule has 26 heavy (non-hydrogen) atoms. The van der Waals surface area contributed by atoms with Crippen molar-refractivity contribution in [1.82, 2.24) is 10.2 Å². The third-order valence-corrected chi connectivity index (χ3v) is 4.05. The molecular weight excluding hydrogens is 338 g/mol. The Morgan fingerprint density at radius 1 is 1.12 bits per heavy atom. The molecule has 1 aromatic heterocycles. The first-order valence-electron chi connectivity index (χ1n) is 7.78. The predicted octanol–water partition coefficient (Wildman–Crippen LogP) is 2.11. The summed E-state index contributed by atoms with van der Waals surface area (Å²) in [6.07, 6.45) is 0. The Labute approximate surface area is 146 Å². The van der Waals surface area contributed by atoms with Gasteiger partial charge in [-0.2, -0.15) is 5.10 Å². The number of ketones is 1. The molecule has 0 spiro atoms. The smallest absolute Gasteiger partial charge is 0.276 e. The summed E-state index contributed by atoms with van der Waals surface area (Å²) < 4.78 is 10.6. The lowest BCUT2D eigenvalue weighted by Crippen LogP contribution is -2.20. The van der Waals surface area contributed by atoms with E-state index in [0.29, 0.717) is 22.3 Å². The van der Waals surface area contributed by atoms with Gasteiger partial charge in [0.1, 0.15) is 0 Å². The molecule has 8 nitrogen and oxygen atoms in total. The highest BCUT2D eigenvalue weighted by Gasteiger charge is 2.22. The molecule has 3 aromatic rings. The summed E-state index contributed by atoms with van der Waals surface area (Å²) in [5, 5.41) is 9.61. The Hall–Kier alpha value is -3.68. The van der Waals surface area contributed by atoms with Crippen molar-refractivity contribution in [3.05, 3.63) is 58.0 Å². The van der Waals surface area contributed by atoms with Crippen molar-refractivity contribution < 1.29 is 19.1 Å². The van der Waals surface area contributed by atoms with Crippen LogP contribution in [0.15, 0.2) is 41.2 Å². The molecule has 130 valence electrons. The van der Waals surface area contributed by atoms with Crippen molar-refractivity contribution in [2.75, 3.05) is 12.1 Å². The summed E-state index contributed by atoms with van der Waals surface area (Å²) >= 11 is 0. The van der Waals surface area contributed by atoms with Gasteiger partial charge in [-0.1, -0.05) is 18.2 Å². The van der Waals surface area contributed by atoms with Crippen LogP contribution in [0.2, 0.25) is 0 Å². The number of aromatic amines is 1. The summed E-state index contributed by atoms with van der Waals surface area (Å²) in [4.78, 5) is 36.5. The number of nitrogens with zero attached hydrogens (tertiary/aromatic N) is 1. The van der Waals surface area contributed by atoms with Gasteiger partial charge in [0.15, 0.2) is 23.0 Å². The van der Waals surface area contributed by atoms with Gasteiger partial charge in [0.05, 0.1) is 11.1 Å². The monoisotopic (exact) mass is 351 g/mol. The number of amides is 1. The van der Waals surface area contributed by atoms with E-state index in [2.05, 4.69) is 15.5 Å². The minimum atomic E-state index is -0.557. The summed E-state index contributed by atoms with van der Waals surface area (Å²) in [6, 6.07) is 9.71. The summed E-state index contributed by atoms with van der Waals surface area (Å²) in [5.74, 6) is 0.0853. The molecular formula is C18H13N3O5. The highest BCUT2D eigenvalue weighted by Crippen LogP contribution is 2.37. The van der Waals surface area contributed by atoms with Crippen LogP contribution >= 0.6 is 0 Å². The molecule has 1 amide bonds. The maximum Gasteiger partial charge on any atom is 0.276 e. The van der Waals surface area contributed by atoms with Gasteiger partial charge < -0.3 is 14.8 Å². The van der Waals surface area contributed by atoms with Crippen LogP contribution in [-0.2, 0) is 0 Å². The van der Waals surface area contributed by atoms with Crippen LogP contribution in [0, 0.1) is 0 Å². The van der Waals surface area contributed by atoms with Gasteiger partial charge in [-0.15, -0.1) is 0 Å². The number of H-pyrrole nitrogens is 1. The lowest BCUT2D eigenvalue weighted by atomic mass is 10.1. The molecule has 0 unspecified atom stereocenters. The van der Waals surface area contributed by atoms with Gasteiger partial charge in [0.2, 0.25) is 6.79 Å². The summed E-state index contributed by atoms with van der Waals surface area (Å²) in [7, 11) is 0. The van der Waals surface area contributed by atoms with Crippen molar-refractivity contribution in [2.24, 2.45) is 0 Å². The first-order valence-corrected chi connectivity index (χ1v) is 7.78. The number of carbonyl (C=O) groups is 2. The number of hydrogen-bond acceptors (Lipinski definition) is 6. The van der Waals surface area contributed by atoms with E-state index in [1.807, 2.05) is 0 Å². The summed E-state index contributed by atoms with van der Waals surface area (Å²) in [5.41, 5.74) is 0.234.